The van der Waals surface area contributed by atoms with E-state index >= 15 is 0 Å². The highest BCUT2D eigenvalue weighted by atomic mass is 35.5. The lowest BCUT2D eigenvalue weighted by molar-refractivity contribution is 0.0986. The molecule has 1 heterocycles. The Bertz CT molecular complexity index is 1020. The van der Waals surface area contributed by atoms with Gasteiger partial charge in [0.1, 0.15) is 5.75 Å². The number of thiazole rings is 1. The van der Waals surface area contributed by atoms with Crippen LogP contribution in [0.25, 0.3) is 10.2 Å². The predicted molar refractivity (Wildman–Crippen MR) is 142 cm³/mol. The van der Waals surface area contributed by atoms with E-state index in [-0.39, 0.29) is 18.3 Å². The van der Waals surface area contributed by atoms with Gasteiger partial charge in [-0.2, -0.15) is 0 Å². The van der Waals surface area contributed by atoms with Crippen molar-refractivity contribution in [2.75, 3.05) is 52.9 Å². The van der Waals surface area contributed by atoms with E-state index in [1.165, 1.54) is 11.3 Å². The van der Waals surface area contributed by atoms with E-state index in [0.29, 0.717) is 35.3 Å². The number of rotatable bonds is 12. The molecule has 0 unspecified atom stereocenters. The van der Waals surface area contributed by atoms with Gasteiger partial charge in [0.25, 0.3) is 5.91 Å². The van der Waals surface area contributed by atoms with Gasteiger partial charge in [-0.3, -0.25) is 9.69 Å². The summed E-state index contributed by atoms with van der Waals surface area (Å²) in [6, 6.07) is 11.1. The van der Waals surface area contributed by atoms with Crippen LogP contribution >= 0.6 is 23.7 Å². The molecule has 1 amide bonds. The number of ether oxygens (including phenoxy) is 3. The molecule has 0 bridgehead atoms. The molecule has 0 N–H and O–H groups in total. The van der Waals surface area contributed by atoms with Crippen molar-refractivity contribution < 1.29 is 19.0 Å². The summed E-state index contributed by atoms with van der Waals surface area (Å²) in [5.41, 5.74) is 1.38. The maximum Gasteiger partial charge on any atom is 0.260 e. The van der Waals surface area contributed by atoms with Crippen molar-refractivity contribution in [3.05, 3.63) is 42.0 Å². The molecule has 1 aromatic heterocycles. The van der Waals surface area contributed by atoms with Gasteiger partial charge in [0.05, 0.1) is 31.0 Å². The standard InChI is InChI=1S/C25H33N3O4S.ClH/c1-6-7-15-32-19-11-9-18(10-12-19)24(29)28(14-8-13-27(2)3)25-26-20-16-21(30-4)22(31-5)17-23(20)33-25;/h9-12,16-17H,6-8,13-15H2,1-5H3;1H. The van der Waals surface area contributed by atoms with Gasteiger partial charge in [0.15, 0.2) is 16.6 Å². The van der Waals surface area contributed by atoms with Gasteiger partial charge in [0, 0.05) is 24.2 Å². The normalized spacial score (nSPS) is 10.8. The van der Waals surface area contributed by atoms with Crippen molar-refractivity contribution in [1.29, 1.82) is 0 Å². The Labute approximate surface area is 212 Å². The molecule has 7 nitrogen and oxygen atoms in total. The second kappa shape index (κ2) is 13.4. The van der Waals surface area contributed by atoms with E-state index < -0.39 is 0 Å². The Hall–Kier alpha value is -2.55. The summed E-state index contributed by atoms with van der Waals surface area (Å²) in [7, 11) is 7.27. The first-order valence-corrected chi connectivity index (χ1v) is 12.0. The quantitative estimate of drug-likeness (QED) is 0.301. The minimum atomic E-state index is -0.0770. The maximum absolute atomic E-state index is 13.5. The Morgan fingerprint density at radius 1 is 1.00 bits per heavy atom. The highest BCUT2D eigenvalue weighted by molar-refractivity contribution is 7.22. The number of halogens is 1. The monoisotopic (exact) mass is 507 g/mol. The van der Waals surface area contributed by atoms with Gasteiger partial charge >= 0.3 is 0 Å². The van der Waals surface area contributed by atoms with Crippen LogP contribution in [0.2, 0.25) is 0 Å². The third kappa shape index (κ3) is 6.98. The summed E-state index contributed by atoms with van der Waals surface area (Å²) in [4.78, 5) is 22.1. The molecule has 0 radical (unpaired) electrons. The fourth-order valence-electron chi connectivity index (χ4n) is 3.37. The molecule has 9 heteroatoms. The molecule has 0 aliphatic carbocycles. The molecule has 2 aromatic carbocycles. The van der Waals surface area contributed by atoms with Crippen molar-refractivity contribution in [3.63, 3.8) is 0 Å². The number of carbonyl (C=O) groups excluding carboxylic acids is 1. The number of benzene rings is 2. The zero-order chi connectivity index (χ0) is 23.8. The summed E-state index contributed by atoms with van der Waals surface area (Å²) < 4.78 is 17.5. The number of hydrogen-bond acceptors (Lipinski definition) is 7. The first-order valence-electron chi connectivity index (χ1n) is 11.2. The smallest absolute Gasteiger partial charge is 0.260 e. The summed E-state index contributed by atoms with van der Waals surface area (Å²) in [5.74, 6) is 1.96. The van der Waals surface area contributed by atoms with Gasteiger partial charge < -0.3 is 19.1 Å². The topological polar surface area (TPSA) is 64.1 Å². The Morgan fingerprint density at radius 3 is 2.29 bits per heavy atom. The predicted octanol–water partition coefficient (Wildman–Crippen LogP) is 5.51. The lowest BCUT2D eigenvalue weighted by Gasteiger charge is -2.21. The van der Waals surface area contributed by atoms with Crippen LogP contribution in [0.1, 0.15) is 36.5 Å². The van der Waals surface area contributed by atoms with Crippen LogP contribution in [0.15, 0.2) is 36.4 Å². The van der Waals surface area contributed by atoms with Crippen molar-refractivity contribution in [1.82, 2.24) is 9.88 Å². The first kappa shape index (κ1) is 27.7. The molecule has 3 aromatic rings. The van der Waals surface area contributed by atoms with Gasteiger partial charge in [0.2, 0.25) is 0 Å². The average molecular weight is 508 g/mol. The van der Waals surface area contributed by atoms with Crippen LogP contribution in [0.4, 0.5) is 5.13 Å². The number of amides is 1. The summed E-state index contributed by atoms with van der Waals surface area (Å²) in [6.07, 6.45) is 2.92. The number of aromatic nitrogens is 1. The van der Waals surface area contributed by atoms with Crippen LogP contribution in [0.3, 0.4) is 0 Å². The van der Waals surface area contributed by atoms with Gasteiger partial charge in [-0.1, -0.05) is 24.7 Å². The van der Waals surface area contributed by atoms with E-state index in [1.807, 2.05) is 50.5 Å². The summed E-state index contributed by atoms with van der Waals surface area (Å²) >= 11 is 1.47. The molecule has 0 spiro atoms. The first-order chi connectivity index (χ1) is 16.0. The Kier molecular flexibility index (Phi) is 10.9. The van der Waals surface area contributed by atoms with Crippen molar-refractivity contribution in [3.8, 4) is 17.2 Å². The van der Waals surface area contributed by atoms with Gasteiger partial charge in [-0.15, -0.1) is 12.4 Å². The van der Waals surface area contributed by atoms with E-state index in [4.69, 9.17) is 19.2 Å². The van der Waals surface area contributed by atoms with E-state index in [2.05, 4.69) is 11.8 Å². The molecular weight excluding hydrogens is 474 g/mol. The molecule has 34 heavy (non-hydrogen) atoms. The third-order valence-electron chi connectivity index (χ3n) is 5.21. The zero-order valence-electron chi connectivity index (χ0n) is 20.5. The SMILES string of the molecule is CCCCOc1ccc(C(=O)N(CCCN(C)C)c2nc3cc(OC)c(OC)cc3s2)cc1.Cl. The van der Waals surface area contributed by atoms with E-state index in [1.54, 1.807) is 19.1 Å². The number of fused-ring (bicyclic) bond motifs is 1. The number of hydrogen-bond donors (Lipinski definition) is 0. The van der Waals surface area contributed by atoms with Gasteiger partial charge in [-0.25, -0.2) is 4.98 Å². The molecule has 0 saturated heterocycles. The molecule has 0 aliphatic heterocycles. The lowest BCUT2D eigenvalue weighted by atomic mass is 10.2. The largest absolute Gasteiger partial charge is 0.494 e. The average Bonchev–Trinajstić information content (AvgIpc) is 3.23. The van der Waals surface area contributed by atoms with Gasteiger partial charge in [-0.05, 0) is 57.7 Å². The van der Waals surface area contributed by atoms with Crippen LogP contribution in [0.5, 0.6) is 17.2 Å². The third-order valence-corrected chi connectivity index (χ3v) is 6.25. The highest BCUT2D eigenvalue weighted by Gasteiger charge is 2.22. The minimum absolute atomic E-state index is 0. The number of nitrogens with zero attached hydrogens (tertiary/aromatic N) is 3. The minimum Gasteiger partial charge on any atom is -0.494 e. The number of methoxy groups -OCH3 is 2. The second-order valence-electron chi connectivity index (χ2n) is 8.01. The number of anilines is 1. The Balaban J connectivity index is 0.00000408. The molecule has 3 rings (SSSR count). The van der Waals surface area contributed by atoms with Crippen molar-refractivity contribution >= 4 is 45.0 Å². The fraction of sp³-hybridized carbons (Fsp3) is 0.440. The molecule has 186 valence electrons. The number of unbranched alkanes of at least 4 members (excludes halogenated alkanes) is 1. The second-order valence-corrected chi connectivity index (χ2v) is 9.02. The molecule has 0 saturated carbocycles. The lowest BCUT2D eigenvalue weighted by Crippen LogP contribution is -2.33. The number of carbonyl (C=O) groups is 1. The zero-order valence-corrected chi connectivity index (χ0v) is 22.1. The van der Waals surface area contributed by atoms with Crippen LogP contribution in [-0.4, -0.2) is 63.8 Å². The van der Waals surface area contributed by atoms with Crippen molar-refractivity contribution in [2.24, 2.45) is 0 Å². The molecule has 0 atom stereocenters. The maximum atomic E-state index is 13.5. The van der Waals surface area contributed by atoms with Crippen LogP contribution in [-0.2, 0) is 0 Å². The summed E-state index contributed by atoms with van der Waals surface area (Å²) in [5, 5.41) is 0.660. The summed E-state index contributed by atoms with van der Waals surface area (Å²) in [6.45, 7) is 4.25. The van der Waals surface area contributed by atoms with E-state index in [9.17, 15) is 4.79 Å². The van der Waals surface area contributed by atoms with Crippen molar-refractivity contribution in [2.45, 2.75) is 26.2 Å². The van der Waals surface area contributed by atoms with Crippen LogP contribution < -0.4 is 19.1 Å². The fourth-order valence-corrected chi connectivity index (χ4v) is 4.37. The molecule has 0 fully saturated rings. The van der Waals surface area contributed by atoms with Crippen LogP contribution in [0, 0.1) is 0 Å². The highest BCUT2D eigenvalue weighted by Crippen LogP contribution is 2.37. The molecular formula is C25H34ClN3O4S. The molecule has 0 aliphatic rings. The Morgan fingerprint density at radius 2 is 1.68 bits per heavy atom. The van der Waals surface area contributed by atoms with E-state index in [0.717, 1.165) is 41.8 Å².